The zero-order chi connectivity index (χ0) is 17.3. The minimum atomic E-state index is 0.202. The van der Waals surface area contributed by atoms with E-state index >= 15 is 0 Å². The van der Waals surface area contributed by atoms with Crippen molar-refractivity contribution < 1.29 is 4.79 Å². The summed E-state index contributed by atoms with van der Waals surface area (Å²) in [6, 6.07) is 9.72. The SMILES string of the molecule is Cc1cc(C(=O)CN2CCN(C)CC2)c(C)n1-c1ccc(Cl)cc1. The number of hydrogen-bond acceptors (Lipinski definition) is 3. The number of Topliss-reactive ketones (excluding diaryl/α,β-unsaturated/α-hetero) is 1. The molecule has 0 spiro atoms. The summed E-state index contributed by atoms with van der Waals surface area (Å²) in [4.78, 5) is 17.3. The van der Waals surface area contributed by atoms with Crippen LogP contribution >= 0.6 is 11.6 Å². The molecule has 0 atom stereocenters. The predicted molar refractivity (Wildman–Crippen MR) is 98.5 cm³/mol. The number of carbonyl (C=O) groups is 1. The van der Waals surface area contributed by atoms with Gasteiger partial charge in [-0.05, 0) is 51.2 Å². The maximum atomic E-state index is 12.8. The lowest BCUT2D eigenvalue weighted by atomic mass is 10.1. The first kappa shape index (κ1) is 17.2. The van der Waals surface area contributed by atoms with E-state index < -0.39 is 0 Å². The van der Waals surface area contributed by atoms with Crippen LogP contribution in [0, 0.1) is 13.8 Å². The molecule has 0 unspecified atom stereocenters. The van der Waals surface area contributed by atoms with Gasteiger partial charge in [-0.25, -0.2) is 0 Å². The Morgan fingerprint density at radius 1 is 1.08 bits per heavy atom. The van der Waals surface area contributed by atoms with Gasteiger partial charge in [0.2, 0.25) is 0 Å². The fourth-order valence-electron chi connectivity index (χ4n) is 3.33. The predicted octanol–water partition coefficient (Wildman–Crippen LogP) is 3.18. The highest BCUT2D eigenvalue weighted by atomic mass is 35.5. The molecular formula is C19H24ClN3O. The summed E-state index contributed by atoms with van der Waals surface area (Å²) in [5.74, 6) is 0.202. The molecule has 2 heterocycles. The zero-order valence-electron chi connectivity index (χ0n) is 14.6. The van der Waals surface area contributed by atoms with Crippen LogP contribution in [0.1, 0.15) is 21.7 Å². The van der Waals surface area contributed by atoms with E-state index in [2.05, 4.69) is 21.4 Å². The molecule has 0 N–H and O–H groups in total. The lowest BCUT2D eigenvalue weighted by Gasteiger charge is -2.31. The average Bonchev–Trinajstić information content (AvgIpc) is 2.85. The summed E-state index contributed by atoms with van der Waals surface area (Å²) in [6.45, 7) is 8.51. The molecule has 0 amide bonds. The van der Waals surface area contributed by atoms with Crippen molar-refractivity contribution in [3.8, 4) is 5.69 Å². The number of aryl methyl sites for hydroxylation is 1. The quantitative estimate of drug-likeness (QED) is 0.797. The Kier molecular flexibility index (Phi) is 5.09. The first-order valence-electron chi connectivity index (χ1n) is 8.34. The summed E-state index contributed by atoms with van der Waals surface area (Å²) in [6.07, 6.45) is 0. The van der Waals surface area contributed by atoms with Gasteiger partial charge in [-0.15, -0.1) is 0 Å². The second-order valence-electron chi connectivity index (χ2n) is 6.60. The second kappa shape index (κ2) is 7.09. The van der Waals surface area contributed by atoms with E-state index in [0.29, 0.717) is 11.6 Å². The molecular weight excluding hydrogens is 322 g/mol. The third-order valence-electron chi connectivity index (χ3n) is 4.78. The highest BCUT2D eigenvalue weighted by Crippen LogP contribution is 2.23. The monoisotopic (exact) mass is 345 g/mol. The molecule has 24 heavy (non-hydrogen) atoms. The van der Waals surface area contributed by atoms with Crippen molar-refractivity contribution in [2.24, 2.45) is 0 Å². The summed E-state index contributed by atoms with van der Waals surface area (Å²) in [5, 5.41) is 0.715. The molecule has 2 aromatic rings. The molecule has 4 nitrogen and oxygen atoms in total. The first-order chi connectivity index (χ1) is 11.5. The molecule has 0 aliphatic carbocycles. The van der Waals surface area contributed by atoms with Crippen molar-refractivity contribution in [3.63, 3.8) is 0 Å². The van der Waals surface area contributed by atoms with Crippen molar-refractivity contribution >= 4 is 17.4 Å². The molecule has 0 saturated carbocycles. The largest absolute Gasteiger partial charge is 0.318 e. The average molecular weight is 346 g/mol. The molecule has 5 heteroatoms. The number of rotatable bonds is 4. The van der Waals surface area contributed by atoms with E-state index in [0.717, 1.165) is 48.8 Å². The van der Waals surface area contributed by atoms with Gasteiger partial charge in [-0.2, -0.15) is 0 Å². The maximum absolute atomic E-state index is 12.8. The lowest BCUT2D eigenvalue weighted by molar-refractivity contribution is 0.0876. The van der Waals surface area contributed by atoms with Crippen molar-refractivity contribution in [2.75, 3.05) is 39.8 Å². The summed E-state index contributed by atoms with van der Waals surface area (Å²) in [5.41, 5.74) is 3.92. The first-order valence-corrected chi connectivity index (χ1v) is 8.72. The highest BCUT2D eigenvalue weighted by molar-refractivity contribution is 6.30. The number of halogens is 1. The number of hydrogen-bond donors (Lipinski definition) is 0. The van der Waals surface area contributed by atoms with Gasteiger partial charge in [0.25, 0.3) is 0 Å². The minimum absolute atomic E-state index is 0.202. The molecule has 1 saturated heterocycles. The van der Waals surface area contributed by atoms with Crippen LogP contribution in [0.15, 0.2) is 30.3 Å². The third kappa shape index (κ3) is 3.56. The molecule has 1 aliphatic rings. The van der Waals surface area contributed by atoms with E-state index in [4.69, 9.17) is 11.6 Å². The Balaban J connectivity index is 1.80. The van der Waals surface area contributed by atoms with Gasteiger partial charge in [-0.3, -0.25) is 9.69 Å². The van der Waals surface area contributed by atoms with Gasteiger partial charge >= 0.3 is 0 Å². The van der Waals surface area contributed by atoms with Crippen LogP contribution in [0.3, 0.4) is 0 Å². The van der Waals surface area contributed by atoms with Crippen LogP contribution in [-0.2, 0) is 0 Å². The van der Waals surface area contributed by atoms with Crippen LogP contribution in [-0.4, -0.2) is 59.9 Å². The Morgan fingerprint density at radius 2 is 1.71 bits per heavy atom. The lowest BCUT2D eigenvalue weighted by Crippen LogP contribution is -2.46. The molecule has 1 aromatic carbocycles. The van der Waals surface area contributed by atoms with Gasteiger partial charge in [0.1, 0.15) is 0 Å². The van der Waals surface area contributed by atoms with E-state index in [-0.39, 0.29) is 5.78 Å². The van der Waals surface area contributed by atoms with Gasteiger partial charge in [0, 0.05) is 53.8 Å². The fourth-order valence-corrected chi connectivity index (χ4v) is 3.45. The van der Waals surface area contributed by atoms with Crippen LogP contribution < -0.4 is 0 Å². The summed E-state index contributed by atoms with van der Waals surface area (Å²) < 4.78 is 2.12. The molecule has 0 bridgehead atoms. The Bertz CT molecular complexity index is 728. The minimum Gasteiger partial charge on any atom is -0.318 e. The Morgan fingerprint density at radius 3 is 2.33 bits per heavy atom. The summed E-state index contributed by atoms with van der Waals surface area (Å²) >= 11 is 5.98. The number of benzene rings is 1. The topological polar surface area (TPSA) is 28.5 Å². The van der Waals surface area contributed by atoms with Crippen molar-refractivity contribution in [3.05, 3.63) is 52.3 Å². The Labute approximate surface area is 148 Å². The summed E-state index contributed by atoms with van der Waals surface area (Å²) in [7, 11) is 2.12. The van der Waals surface area contributed by atoms with E-state index in [1.54, 1.807) is 0 Å². The van der Waals surface area contributed by atoms with Gasteiger partial charge in [0.05, 0.1) is 6.54 Å². The molecule has 1 fully saturated rings. The van der Waals surface area contributed by atoms with Crippen molar-refractivity contribution in [2.45, 2.75) is 13.8 Å². The van der Waals surface area contributed by atoms with Crippen LogP contribution in [0.5, 0.6) is 0 Å². The number of likely N-dealkylation sites (N-methyl/N-ethyl adjacent to an activating group) is 1. The number of carbonyl (C=O) groups excluding carboxylic acids is 1. The van der Waals surface area contributed by atoms with Gasteiger partial charge < -0.3 is 9.47 Å². The maximum Gasteiger partial charge on any atom is 0.178 e. The number of nitrogens with zero attached hydrogens (tertiary/aromatic N) is 3. The molecule has 1 aliphatic heterocycles. The number of aromatic nitrogens is 1. The third-order valence-corrected chi connectivity index (χ3v) is 5.03. The van der Waals surface area contributed by atoms with E-state index in [1.165, 1.54) is 0 Å². The van der Waals surface area contributed by atoms with Crippen molar-refractivity contribution in [1.29, 1.82) is 0 Å². The number of piperazine rings is 1. The molecule has 0 radical (unpaired) electrons. The van der Waals surface area contributed by atoms with E-state index in [9.17, 15) is 4.79 Å². The second-order valence-corrected chi connectivity index (χ2v) is 7.04. The molecule has 128 valence electrons. The molecule has 1 aromatic heterocycles. The van der Waals surface area contributed by atoms with Gasteiger partial charge in [0.15, 0.2) is 5.78 Å². The van der Waals surface area contributed by atoms with Gasteiger partial charge in [-0.1, -0.05) is 11.6 Å². The molecule has 3 rings (SSSR count). The smallest absolute Gasteiger partial charge is 0.178 e. The van der Waals surface area contributed by atoms with E-state index in [1.807, 2.05) is 44.2 Å². The van der Waals surface area contributed by atoms with Crippen molar-refractivity contribution in [1.82, 2.24) is 14.4 Å². The highest BCUT2D eigenvalue weighted by Gasteiger charge is 2.21. The Hall–Kier alpha value is -1.62. The van der Waals surface area contributed by atoms with Crippen LogP contribution in [0.4, 0.5) is 0 Å². The van der Waals surface area contributed by atoms with Crippen LogP contribution in [0.2, 0.25) is 5.02 Å². The standard InChI is InChI=1S/C19H24ClN3O/c1-14-12-18(19(24)13-22-10-8-21(3)9-11-22)15(2)23(14)17-6-4-16(20)5-7-17/h4-7,12H,8-11,13H2,1-3H3. The normalized spacial score (nSPS) is 16.5. The fraction of sp³-hybridized carbons (Fsp3) is 0.421. The number of ketones is 1. The van der Waals surface area contributed by atoms with Crippen LogP contribution in [0.25, 0.3) is 5.69 Å². The zero-order valence-corrected chi connectivity index (χ0v) is 15.3.